The van der Waals surface area contributed by atoms with Gasteiger partial charge in [-0.2, -0.15) is 0 Å². The van der Waals surface area contributed by atoms with Gasteiger partial charge < -0.3 is 10.5 Å². The molecule has 2 rings (SSSR count). The van der Waals surface area contributed by atoms with Crippen LogP contribution in [0.3, 0.4) is 0 Å². The molecule has 2 N–H and O–H groups in total. The summed E-state index contributed by atoms with van der Waals surface area (Å²) in [6, 6.07) is 7.51. The Balaban J connectivity index is 2.04. The molecule has 0 spiro atoms. The van der Waals surface area contributed by atoms with Gasteiger partial charge in [-0.15, -0.1) is 0 Å². The molecule has 0 aliphatic heterocycles. The minimum atomic E-state index is -0.939. The van der Waals surface area contributed by atoms with Gasteiger partial charge in [-0.25, -0.2) is 0 Å². The average Bonchev–Trinajstić information content (AvgIpc) is 3.09. The highest BCUT2D eigenvalue weighted by Gasteiger charge is 2.43. The van der Waals surface area contributed by atoms with Gasteiger partial charge in [-0.3, -0.25) is 4.21 Å². The third-order valence-corrected chi connectivity index (χ3v) is 5.03. The molecule has 17 heavy (non-hydrogen) atoms. The molecule has 4 heteroatoms. The summed E-state index contributed by atoms with van der Waals surface area (Å²) >= 11 is 0. The number of benzene rings is 1. The normalized spacial score (nSPS) is 18.7. The minimum Gasteiger partial charge on any atom is -0.497 e. The van der Waals surface area contributed by atoms with E-state index in [0.29, 0.717) is 6.54 Å². The van der Waals surface area contributed by atoms with Gasteiger partial charge in [0.05, 0.1) is 17.9 Å². The Labute approximate surface area is 105 Å². The number of methoxy groups -OCH3 is 1. The van der Waals surface area contributed by atoms with Crippen LogP contribution in [0.4, 0.5) is 0 Å². The summed E-state index contributed by atoms with van der Waals surface area (Å²) < 4.78 is 17.4. The molecule has 1 unspecified atom stereocenters. The largest absolute Gasteiger partial charge is 0.497 e. The maximum Gasteiger partial charge on any atom is 0.120 e. The zero-order chi connectivity index (χ0) is 12.3. The molecule has 1 saturated carbocycles. The molecule has 94 valence electrons. The lowest BCUT2D eigenvalue weighted by Gasteiger charge is -2.13. The van der Waals surface area contributed by atoms with E-state index in [1.807, 2.05) is 24.3 Å². The lowest BCUT2D eigenvalue weighted by Crippen LogP contribution is -2.16. The molecule has 3 nitrogen and oxygen atoms in total. The van der Waals surface area contributed by atoms with Crippen LogP contribution in [-0.4, -0.2) is 23.6 Å². The van der Waals surface area contributed by atoms with Crippen molar-refractivity contribution in [2.45, 2.75) is 24.2 Å². The lowest BCUT2D eigenvalue weighted by molar-refractivity contribution is 0.413. The maximum absolute atomic E-state index is 12.3. The monoisotopic (exact) mass is 253 g/mol. The minimum absolute atomic E-state index is 0.253. The van der Waals surface area contributed by atoms with Crippen molar-refractivity contribution in [3.63, 3.8) is 0 Å². The summed E-state index contributed by atoms with van der Waals surface area (Å²) in [7, 11) is 0.685. The van der Waals surface area contributed by atoms with Gasteiger partial charge in [0, 0.05) is 10.6 Å². The number of ether oxygens (including phenoxy) is 1. The Morgan fingerprint density at radius 2 is 2.24 bits per heavy atom. The third-order valence-electron chi connectivity index (χ3n) is 3.37. The second-order valence-electron chi connectivity index (χ2n) is 4.71. The fourth-order valence-electron chi connectivity index (χ4n) is 2.05. The van der Waals surface area contributed by atoms with Crippen molar-refractivity contribution in [1.29, 1.82) is 0 Å². The molecule has 0 saturated heterocycles. The maximum atomic E-state index is 12.3. The predicted octanol–water partition coefficient (Wildman–Crippen LogP) is 1.93. The van der Waals surface area contributed by atoms with E-state index >= 15 is 0 Å². The van der Waals surface area contributed by atoms with Crippen molar-refractivity contribution in [1.82, 2.24) is 0 Å². The summed E-state index contributed by atoms with van der Waals surface area (Å²) in [6.07, 6.45) is 3.32. The topological polar surface area (TPSA) is 52.3 Å². The second kappa shape index (κ2) is 5.19. The number of hydrogen-bond donors (Lipinski definition) is 1. The lowest BCUT2D eigenvalue weighted by atomic mass is 10.1. The first-order valence-corrected chi connectivity index (χ1v) is 7.23. The second-order valence-corrected chi connectivity index (χ2v) is 6.16. The van der Waals surface area contributed by atoms with Crippen LogP contribution in [0.25, 0.3) is 0 Å². The van der Waals surface area contributed by atoms with E-state index in [-0.39, 0.29) is 5.41 Å². The van der Waals surface area contributed by atoms with E-state index in [1.54, 1.807) is 7.11 Å². The average molecular weight is 253 g/mol. The van der Waals surface area contributed by atoms with Gasteiger partial charge >= 0.3 is 0 Å². The van der Waals surface area contributed by atoms with Crippen molar-refractivity contribution in [2.75, 3.05) is 19.4 Å². The van der Waals surface area contributed by atoms with E-state index in [2.05, 4.69) is 0 Å². The standard InChI is InChI=1S/C13H19NO2S/c1-16-11-3-2-4-12(9-11)17(15)10-13(5-6-13)7-8-14/h2-4,9H,5-8,10,14H2,1H3. The van der Waals surface area contributed by atoms with E-state index in [9.17, 15) is 4.21 Å². The van der Waals surface area contributed by atoms with Crippen LogP contribution in [0.5, 0.6) is 5.75 Å². The SMILES string of the molecule is COc1cccc(S(=O)CC2(CCN)CC2)c1. The molecule has 0 bridgehead atoms. The molecular weight excluding hydrogens is 234 g/mol. The van der Waals surface area contributed by atoms with Crippen LogP contribution in [0.15, 0.2) is 29.2 Å². The Hall–Kier alpha value is -0.870. The first kappa shape index (κ1) is 12.6. The van der Waals surface area contributed by atoms with Crippen molar-refractivity contribution >= 4 is 10.8 Å². The fourth-order valence-corrected chi connectivity index (χ4v) is 3.69. The zero-order valence-corrected chi connectivity index (χ0v) is 11.0. The Kier molecular flexibility index (Phi) is 3.84. The summed E-state index contributed by atoms with van der Waals surface area (Å²) in [5, 5.41) is 0. The molecule has 0 amide bonds. The summed E-state index contributed by atoms with van der Waals surface area (Å²) in [5.41, 5.74) is 5.85. The summed E-state index contributed by atoms with van der Waals surface area (Å²) in [5.74, 6) is 1.50. The third kappa shape index (κ3) is 3.07. The molecule has 1 aromatic carbocycles. The first-order valence-electron chi connectivity index (χ1n) is 5.92. The van der Waals surface area contributed by atoms with Crippen molar-refractivity contribution in [2.24, 2.45) is 11.1 Å². The molecular formula is C13H19NO2S. The van der Waals surface area contributed by atoms with Gasteiger partial charge in [0.1, 0.15) is 5.75 Å². The van der Waals surface area contributed by atoms with Crippen molar-refractivity contribution in [3.05, 3.63) is 24.3 Å². The number of rotatable bonds is 6. The van der Waals surface area contributed by atoms with Crippen LogP contribution in [0, 0.1) is 5.41 Å². The molecule has 0 radical (unpaired) electrons. The first-order chi connectivity index (χ1) is 8.19. The highest BCUT2D eigenvalue weighted by molar-refractivity contribution is 7.85. The van der Waals surface area contributed by atoms with Gasteiger partial charge in [-0.1, -0.05) is 6.07 Å². The molecule has 1 fully saturated rings. The molecule has 1 aliphatic rings. The predicted molar refractivity (Wildman–Crippen MR) is 69.6 cm³/mol. The van der Waals surface area contributed by atoms with E-state index in [4.69, 9.17) is 10.5 Å². The van der Waals surface area contributed by atoms with Gasteiger partial charge in [0.25, 0.3) is 0 Å². The molecule has 1 aliphatic carbocycles. The Morgan fingerprint density at radius 1 is 1.47 bits per heavy atom. The molecule has 0 heterocycles. The quantitative estimate of drug-likeness (QED) is 0.843. The highest BCUT2D eigenvalue weighted by atomic mass is 32.2. The summed E-state index contributed by atoms with van der Waals surface area (Å²) in [4.78, 5) is 0.854. The molecule has 1 aromatic rings. The zero-order valence-electron chi connectivity index (χ0n) is 10.1. The van der Waals surface area contributed by atoms with Crippen LogP contribution < -0.4 is 10.5 Å². The molecule has 1 atom stereocenters. The summed E-state index contributed by atoms with van der Waals surface area (Å²) in [6.45, 7) is 0.690. The number of nitrogens with two attached hydrogens (primary N) is 1. The van der Waals surface area contributed by atoms with E-state index < -0.39 is 10.8 Å². The van der Waals surface area contributed by atoms with E-state index in [1.165, 1.54) is 12.8 Å². The van der Waals surface area contributed by atoms with Crippen LogP contribution in [0.2, 0.25) is 0 Å². The fraction of sp³-hybridized carbons (Fsp3) is 0.538. The van der Waals surface area contributed by atoms with E-state index in [0.717, 1.165) is 22.8 Å². The van der Waals surface area contributed by atoms with Crippen LogP contribution in [-0.2, 0) is 10.8 Å². The number of hydrogen-bond acceptors (Lipinski definition) is 3. The molecule has 0 aromatic heterocycles. The van der Waals surface area contributed by atoms with Crippen LogP contribution >= 0.6 is 0 Å². The van der Waals surface area contributed by atoms with Gasteiger partial charge in [0.2, 0.25) is 0 Å². The Bertz CT molecular complexity index is 416. The Morgan fingerprint density at radius 3 is 2.82 bits per heavy atom. The van der Waals surface area contributed by atoms with Gasteiger partial charge in [-0.05, 0) is 49.4 Å². The van der Waals surface area contributed by atoms with Gasteiger partial charge in [0.15, 0.2) is 0 Å². The van der Waals surface area contributed by atoms with Crippen molar-refractivity contribution < 1.29 is 8.95 Å². The highest BCUT2D eigenvalue weighted by Crippen LogP contribution is 2.49. The van der Waals surface area contributed by atoms with Crippen molar-refractivity contribution in [3.8, 4) is 5.75 Å². The smallest absolute Gasteiger partial charge is 0.120 e. The van der Waals surface area contributed by atoms with Crippen LogP contribution in [0.1, 0.15) is 19.3 Å².